The van der Waals surface area contributed by atoms with Gasteiger partial charge in [-0.1, -0.05) is 18.2 Å². The molecule has 1 aliphatic rings. The fourth-order valence-electron chi connectivity index (χ4n) is 2.11. The molecule has 5 nitrogen and oxygen atoms in total. The fraction of sp³-hybridized carbons (Fsp3) is 0.429. The Hall–Kier alpha value is -1.95. The van der Waals surface area contributed by atoms with Crippen LogP contribution in [-0.2, 0) is 16.1 Å². The number of carbonyl (C=O) groups excluding carboxylic acids is 2. The summed E-state index contributed by atoms with van der Waals surface area (Å²) in [6.07, 6.45) is 0. The molecule has 1 aromatic carbocycles. The number of piperazine rings is 1. The third-order valence-corrected chi connectivity index (χ3v) is 3.27. The van der Waals surface area contributed by atoms with E-state index in [0.29, 0.717) is 18.7 Å². The Bertz CT molecular complexity index is 507. The first-order valence-electron chi connectivity index (χ1n) is 6.52. The van der Waals surface area contributed by atoms with Gasteiger partial charge < -0.3 is 10.2 Å². The van der Waals surface area contributed by atoms with Crippen molar-refractivity contribution in [1.29, 1.82) is 0 Å². The molecule has 0 aromatic heterocycles. The maximum absolute atomic E-state index is 13.5. The lowest BCUT2D eigenvalue weighted by atomic mass is 10.2. The van der Waals surface area contributed by atoms with E-state index in [9.17, 15) is 14.0 Å². The van der Waals surface area contributed by atoms with E-state index >= 15 is 0 Å². The van der Waals surface area contributed by atoms with E-state index < -0.39 is 0 Å². The van der Waals surface area contributed by atoms with Crippen LogP contribution in [0.15, 0.2) is 24.3 Å². The lowest BCUT2D eigenvalue weighted by Gasteiger charge is -2.28. The van der Waals surface area contributed by atoms with Gasteiger partial charge in [0.05, 0.1) is 13.1 Å². The van der Waals surface area contributed by atoms with Crippen molar-refractivity contribution in [3.05, 3.63) is 35.6 Å². The van der Waals surface area contributed by atoms with Gasteiger partial charge in [-0.05, 0) is 6.07 Å². The summed E-state index contributed by atoms with van der Waals surface area (Å²) < 4.78 is 13.5. The standard InChI is InChI=1S/C14H18FN3O2/c1-17(8-11-4-2-3-5-12(11)15)14(20)10-18-7-6-16-13(19)9-18/h2-5H,6-10H2,1H3,(H,16,19). The molecular formula is C14H18FN3O2. The van der Waals surface area contributed by atoms with Crippen LogP contribution in [0.3, 0.4) is 0 Å². The zero-order valence-electron chi connectivity index (χ0n) is 11.4. The van der Waals surface area contributed by atoms with Gasteiger partial charge in [0.25, 0.3) is 0 Å². The number of halogens is 1. The Morgan fingerprint density at radius 2 is 2.20 bits per heavy atom. The number of nitrogens with one attached hydrogen (secondary N) is 1. The lowest BCUT2D eigenvalue weighted by Crippen LogP contribution is -2.50. The van der Waals surface area contributed by atoms with E-state index in [1.165, 1.54) is 11.0 Å². The number of carbonyl (C=O) groups is 2. The highest BCUT2D eigenvalue weighted by atomic mass is 19.1. The Kier molecular flexibility index (Phi) is 4.68. The molecule has 0 aliphatic carbocycles. The maximum atomic E-state index is 13.5. The molecule has 1 saturated heterocycles. The Morgan fingerprint density at radius 3 is 2.90 bits per heavy atom. The summed E-state index contributed by atoms with van der Waals surface area (Å²) >= 11 is 0. The first kappa shape index (κ1) is 14.5. The minimum absolute atomic E-state index is 0.0687. The van der Waals surface area contributed by atoms with Gasteiger partial charge in [-0.15, -0.1) is 0 Å². The first-order chi connectivity index (χ1) is 9.56. The van der Waals surface area contributed by atoms with Crippen molar-refractivity contribution in [2.45, 2.75) is 6.54 Å². The molecule has 0 spiro atoms. The summed E-state index contributed by atoms with van der Waals surface area (Å²) in [5.41, 5.74) is 0.486. The summed E-state index contributed by atoms with van der Waals surface area (Å²) in [7, 11) is 1.64. The van der Waals surface area contributed by atoms with Gasteiger partial charge in [-0.2, -0.15) is 0 Å². The Balaban J connectivity index is 1.89. The molecule has 0 unspecified atom stereocenters. The number of hydrogen-bond donors (Lipinski definition) is 1. The van der Waals surface area contributed by atoms with Crippen LogP contribution in [0.2, 0.25) is 0 Å². The number of rotatable bonds is 4. The van der Waals surface area contributed by atoms with E-state index in [1.54, 1.807) is 30.1 Å². The molecule has 2 rings (SSSR count). The van der Waals surface area contributed by atoms with E-state index in [4.69, 9.17) is 0 Å². The molecule has 108 valence electrons. The van der Waals surface area contributed by atoms with Crippen LogP contribution in [0.25, 0.3) is 0 Å². The molecule has 0 saturated carbocycles. The summed E-state index contributed by atoms with van der Waals surface area (Å²) in [6, 6.07) is 6.40. The summed E-state index contributed by atoms with van der Waals surface area (Å²) in [5.74, 6) is -0.506. The van der Waals surface area contributed by atoms with Crippen molar-refractivity contribution >= 4 is 11.8 Å². The highest BCUT2D eigenvalue weighted by Crippen LogP contribution is 2.09. The van der Waals surface area contributed by atoms with Crippen LogP contribution in [0.4, 0.5) is 4.39 Å². The molecule has 1 aliphatic heterocycles. The molecule has 1 N–H and O–H groups in total. The van der Waals surface area contributed by atoms with Crippen molar-refractivity contribution < 1.29 is 14.0 Å². The maximum Gasteiger partial charge on any atom is 0.236 e. The zero-order valence-corrected chi connectivity index (χ0v) is 11.4. The smallest absolute Gasteiger partial charge is 0.236 e. The summed E-state index contributed by atoms with van der Waals surface area (Å²) in [6.45, 7) is 1.86. The van der Waals surface area contributed by atoms with E-state index in [2.05, 4.69) is 5.32 Å². The average Bonchev–Trinajstić information content (AvgIpc) is 2.41. The largest absolute Gasteiger partial charge is 0.354 e. The van der Waals surface area contributed by atoms with Crippen LogP contribution in [0.5, 0.6) is 0 Å². The molecule has 2 amide bonds. The number of hydrogen-bond acceptors (Lipinski definition) is 3. The molecular weight excluding hydrogens is 261 g/mol. The predicted octanol–water partition coefficient (Wildman–Crippen LogP) is 0.216. The molecule has 1 fully saturated rings. The van der Waals surface area contributed by atoms with Crippen LogP contribution in [-0.4, -0.2) is 54.8 Å². The van der Waals surface area contributed by atoms with Crippen molar-refractivity contribution in [3.8, 4) is 0 Å². The number of amides is 2. The molecule has 0 bridgehead atoms. The van der Waals surface area contributed by atoms with Crippen LogP contribution in [0, 0.1) is 5.82 Å². The Labute approximate surface area is 117 Å². The van der Waals surface area contributed by atoms with Crippen molar-refractivity contribution in [3.63, 3.8) is 0 Å². The highest BCUT2D eigenvalue weighted by Gasteiger charge is 2.20. The topological polar surface area (TPSA) is 52.7 Å². The first-order valence-corrected chi connectivity index (χ1v) is 6.52. The molecule has 0 atom stereocenters. The summed E-state index contributed by atoms with van der Waals surface area (Å²) in [5, 5.41) is 2.71. The van der Waals surface area contributed by atoms with Crippen LogP contribution in [0.1, 0.15) is 5.56 Å². The summed E-state index contributed by atoms with van der Waals surface area (Å²) in [4.78, 5) is 26.6. The quantitative estimate of drug-likeness (QED) is 0.857. The highest BCUT2D eigenvalue weighted by molar-refractivity contribution is 5.81. The van der Waals surface area contributed by atoms with Gasteiger partial charge in [0.2, 0.25) is 11.8 Å². The van der Waals surface area contributed by atoms with Gasteiger partial charge >= 0.3 is 0 Å². The van der Waals surface area contributed by atoms with Gasteiger partial charge in [-0.25, -0.2) is 4.39 Å². The van der Waals surface area contributed by atoms with Gasteiger partial charge in [0, 0.05) is 32.2 Å². The van der Waals surface area contributed by atoms with E-state index in [0.717, 1.165) is 0 Å². The average molecular weight is 279 g/mol. The molecule has 1 aromatic rings. The monoisotopic (exact) mass is 279 g/mol. The minimum atomic E-state index is -0.315. The Morgan fingerprint density at radius 1 is 1.45 bits per heavy atom. The van der Waals surface area contributed by atoms with Gasteiger partial charge in [0.1, 0.15) is 5.82 Å². The van der Waals surface area contributed by atoms with Crippen LogP contribution < -0.4 is 5.32 Å². The third kappa shape index (κ3) is 3.77. The lowest BCUT2D eigenvalue weighted by molar-refractivity contribution is -0.133. The number of benzene rings is 1. The minimum Gasteiger partial charge on any atom is -0.354 e. The fourth-order valence-corrected chi connectivity index (χ4v) is 2.11. The second-order valence-electron chi connectivity index (χ2n) is 4.90. The molecule has 1 heterocycles. The molecule has 6 heteroatoms. The predicted molar refractivity (Wildman–Crippen MR) is 72.3 cm³/mol. The molecule has 20 heavy (non-hydrogen) atoms. The normalized spacial score (nSPS) is 15.8. The zero-order chi connectivity index (χ0) is 14.5. The second kappa shape index (κ2) is 6.47. The number of likely N-dealkylation sites (N-methyl/N-ethyl adjacent to an activating group) is 1. The van der Waals surface area contributed by atoms with Crippen molar-refractivity contribution in [2.24, 2.45) is 0 Å². The van der Waals surface area contributed by atoms with Gasteiger partial charge in [0.15, 0.2) is 0 Å². The van der Waals surface area contributed by atoms with Crippen molar-refractivity contribution in [2.75, 3.05) is 33.2 Å². The SMILES string of the molecule is CN(Cc1ccccc1F)C(=O)CN1CCNC(=O)C1. The third-order valence-electron chi connectivity index (χ3n) is 3.27. The van der Waals surface area contributed by atoms with Crippen molar-refractivity contribution in [1.82, 2.24) is 15.1 Å². The van der Waals surface area contributed by atoms with E-state index in [1.807, 2.05) is 0 Å². The van der Waals surface area contributed by atoms with E-state index in [-0.39, 0.29) is 37.3 Å². The second-order valence-corrected chi connectivity index (χ2v) is 4.90. The molecule has 0 radical (unpaired) electrons. The number of nitrogens with zero attached hydrogens (tertiary/aromatic N) is 2. The van der Waals surface area contributed by atoms with Gasteiger partial charge in [-0.3, -0.25) is 14.5 Å². The van der Waals surface area contributed by atoms with Crippen LogP contribution >= 0.6 is 0 Å².